The van der Waals surface area contributed by atoms with Crippen LogP contribution in [0.4, 0.5) is 0 Å². The van der Waals surface area contributed by atoms with E-state index in [0.29, 0.717) is 13.1 Å². The van der Waals surface area contributed by atoms with Gasteiger partial charge in [-0.25, -0.2) is 8.42 Å². The van der Waals surface area contributed by atoms with Crippen LogP contribution in [-0.4, -0.2) is 33.5 Å². The van der Waals surface area contributed by atoms with Crippen molar-refractivity contribution in [3.63, 3.8) is 0 Å². The van der Waals surface area contributed by atoms with Crippen molar-refractivity contribution < 1.29 is 8.42 Å². The maximum Gasteiger partial charge on any atom is 0.148 e. The van der Waals surface area contributed by atoms with Crippen molar-refractivity contribution in [2.45, 2.75) is 5.38 Å². The highest BCUT2D eigenvalue weighted by molar-refractivity contribution is 7.90. The number of alkyl halides is 1. The summed E-state index contributed by atoms with van der Waals surface area (Å²) >= 11 is 6.14. The van der Waals surface area contributed by atoms with Crippen molar-refractivity contribution >= 4 is 21.4 Å². The zero-order valence-electron chi connectivity index (χ0n) is 9.19. The lowest BCUT2D eigenvalue weighted by Gasteiger charge is -2.10. The summed E-state index contributed by atoms with van der Waals surface area (Å²) in [6.45, 7) is 1.01. The molecule has 1 rings (SSSR count). The molecule has 0 amide bonds. The Bertz CT molecular complexity index is 405. The molecule has 1 aromatic rings. The molecule has 1 atom stereocenters. The first-order chi connectivity index (χ1) is 7.49. The molecule has 0 saturated carbocycles. The zero-order chi connectivity index (χ0) is 12.0. The topological polar surface area (TPSA) is 46.2 Å². The molecule has 16 heavy (non-hydrogen) atoms. The van der Waals surface area contributed by atoms with Gasteiger partial charge in [-0.2, -0.15) is 0 Å². The molecule has 0 aliphatic heterocycles. The fourth-order valence-corrected chi connectivity index (χ4v) is 2.04. The van der Waals surface area contributed by atoms with Gasteiger partial charge in [0.15, 0.2) is 0 Å². The fraction of sp³-hybridized carbons (Fsp3) is 0.455. The second-order valence-corrected chi connectivity index (χ2v) is 6.50. The number of rotatable bonds is 6. The predicted molar refractivity (Wildman–Crippen MR) is 67.6 cm³/mol. The zero-order valence-corrected chi connectivity index (χ0v) is 10.8. The number of benzene rings is 1. The van der Waals surface area contributed by atoms with Crippen LogP contribution in [0.5, 0.6) is 0 Å². The molecule has 3 nitrogen and oxygen atoms in total. The molecule has 0 aliphatic carbocycles. The Hall–Kier alpha value is -0.580. The standard InChI is InChI=1S/C11H16ClNO2S/c1-16(14,15)8-7-13-9-11(12)10-5-3-2-4-6-10/h2-6,11,13H,7-9H2,1H3. The molecular formula is C11H16ClNO2S. The predicted octanol–water partition coefficient (Wildman–Crippen LogP) is 1.60. The van der Waals surface area contributed by atoms with E-state index < -0.39 is 9.84 Å². The van der Waals surface area contributed by atoms with Crippen molar-refractivity contribution in [2.75, 3.05) is 25.1 Å². The smallest absolute Gasteiger partial charge is 0.148 e. The Kier molecular flexibility index (Phi) is 5.25. The first-order valence-corrected chi connectivity index (χ1v) is 7.56. The van der Waals surface area contributed by atoms with Crippen LogP contribution in [0.3, 0.4) is 0 Å². The average Bonchev–Trinajstić information content (AvgIpc) is 2.24. The third-order valence-corrected chi connectivity index (χ3v) is 3.49. The molecule has 0 bridgehead atoms. The highest BCUT2D eigenvalue weighted by atomic mass is 35.5. The lowest BCUT2D eigenvalue weighted by atomic mass is 10.1. The largest absolute Gasteiger partial charge is 0.314 e. The minimum absolute atomic E-state index is 0.124. The fourth-order valence-electron chi connectivity index (χ4n) is 1.27. The number of halogens is 1. The van der Waals surface area contributed by atoms with E-state index >= 15 is 0 Å². The third kappa shape index (κ3) is 5.49. The Balaban J connectivity index is 2.29. The maximum atomic E-state index is 10.9. The average molecular weight is 262 g/mol. The third-order valence-electron chi connectivity index (χ3n) is 2.13. The van der Waals surface area contributed by atoms with Gasteiger partial charge in [0.2, 0.25) is 0 Å². The summed E-state index contributed by atoms with van der Waals surface area (Å²) in [7, 11) is -2.89. The van der Waals surface area contributed by atoms with E-state index in [-0.39, 0.29) is 11.1 Å². The monoisotopic (exact) mass is 261 g/mol. The van der Waals surface area contributed by atoms with Crippen LogP contribution in [0, 0.1) is 0 Å². The molecule has 0 fully saturated rings. The van der Waals surface area contributed by atoms with Gasteiger partial charge >= 0.3 is 0 Å². The summed E-state index contributed by atoms with van der Waals surface area (Å²) in [6.07, 6.45) is 1.23. The van der Waals surface area contributed by atoms with E-state index in [1.54, 1.807) is 0 Å². The number of hydrogen-bond donors (Lipinski definition) is 1. The number of nitrogens with one attached hydrogen (secondary N) is 1. The number of sulfone groups is 1. The molecule has 90 valence electrons. The van der Waals surface area contributed by atoms with E-state index in [1.165, 1.54) is 6.26 Å². The Morgan fingerprint density at radius 1 is 1.31 bits per heavy atom. The Morgan fingerprint density at radius 2 is 1.94 bits per heavy atom. The van der Waals surface area contributed by atoms with Gasteiger partial charge in [-0.05, 0) is 5.56 Å². The van der Waals surface area contributed by atoms with E-state index in [9.17, 15) is 8.42 Å². The highest BCUT2D eigenvalue weighted by Crippen LogP contribution is 2.18. The van der Waals surface area contributed by atoms with Crippen LogP contribution < -0.4 is 5.32 Å². The minimum Gasteiger partial charge on any atom is -0.314 e. The molecule has 1 aromatic carbocycles. The van der Waals surface area contributed by atoms with Crippen LogP contribution in [0.15, 0.2) is 30.3 Å². The van der Waals surface area contributed by atoms with Crippen molar-refractivity contribution in [1.29, 1.82) is 0 Å². The van der Waals surface area contributed by atoms with Gasteiger partial charge in [0.05, 0.1) is 11.1 Å². The Labute approximate surface area is 102 Å². The molecule has 0 saturated heterocycles. The summed E-state index contributed by atoms with van der Waals surface area (Å²) in [5, 5.41) is 2.90. The van der Waals surface area contributed by atoms with E-state index in [2.05, 4.69) is 5.32 Å². The van der Waals surface area contributed by atoms with Gasteiger partial charge < -0.3 is 5.32 Å². The quantitative estimate of drug-likeness (QED) is 0.625. The number of hydrogen-bond acceptors (Lipinski definition) is 3. The lowest BCUT2D eigenvalue weighted by Crippen LogP contribution is -2.25. The Morgan fingerprint density at radius 3 is 2.50 bits per heavy atom. The molecule has 5 heteroatoms. The van der Waals surface area contributed by atoms with Gasteiger partial charge in [0, 0.05) is 19.3 Å². The van der Waals surface area contributed by atoms with Crippen LogP contribution in [-0.2, 0) is 9.84 Å². The molecular weight excluding hydrogens is 246 g/mol. The normalized spacial score (nSPS) is 13.6. The van der Waals surface area contributed by atoms with Crippen LogP contribution in [0.25, 0.3) is 0 Å². The molecule has 0 aliphatic rings. The summed E-state index contributed by atoms with van der Waals surface area (Å²) in [6, 6.07) is 9.71. The summed E-state index contributed by atoms with van der Waals surface area (Å²) in [4.78, 5) is 0. The van der Waals surface area contributed by atoms with Crippen molar-refractivity contribution in [1.82, 2.24) is 5.32 Å². The lowest BCUT2D eigenvalue weighted by molar-refractivity contribution is 0.596. The van der Waals surface area contributed by atoms with Crippen LogP contribution in [0.2, 0.25) is 0 Å². The second-order valence-electron chi connectivity index (χ2n) is 3.71. The van der Waals surface area contributed by atoms with Crippen molar-refractivity contribution in [3.8, 4) is 0 Å². The van der Waals surface area contributed by atoms with Gasteiger partial charge in [-0.1, -0.05) is 30.3 Å². The summed E-state index contributed by atoms with van der Waals surface area (Å²) < 4.78 is 21.7. The van der Waals surface area contributed by atoms with Crippen LogP contribution in [0.1, 0.15) is 10.9 Å². The van der Waals surface area contributed by atoms with Crippen LogP contribution >= 0.6 is 11.6 Å². The van der Waals surface area contributed by atoms with Gasteiger partial charge in [0.25, 0.3) is 0 Å². The molecule has 0 spiro atoms. The van der Waals surface area contributed by atoms with E-state index in [4.69, 9.17) is 11.6 Å². The molecule has 0 heterocycles. The SMILES string of the molecule is CS(=O)(=O)CCNCC(Cl)c1ccccc1. The first kappa shape index (κ1) is 13.5. The van der Waals surface area contributed by atoms with Crippen molar-refractivity contribution in [2.24, 2.45) is 0 Å². The second kappa shape index (κ2) is 6.23. The molecule has 1 N–H and O–H groups in total. The van der Waals surface area contributed by atoms with Crippen molar-refractivity contribution in [3.05, 3.63) is 35.9 Å². The van der Waals surface area contributed by atoms with E-state index in [0.717, 1.165) is 5.56 Å². The maximum absolute atomic E-state index is 10.9. The van der Waals surface area contributed by atoms with E-state index in [1.807, 2.05) is 30.3 Å². The summed E-state index contributed by atoms with van der Waals surface area (Å²) in [5.41, 5.74) is 1.04. The van der Waals surface area contributed by atoms with Gasteiger partial charge in [-0.3, -0.25) is 0 Å². The molecule has 1 unspecified atom stereocenters. The highest BCUT2D eigenvalue weighted by Gasteiger charge is 2.07. The van der Waals surface area contributed by atoms with Gasteiger partial charge in [-0.15, -0.1) is 11.6 Å². The summed E-state index contributed by atoms with van der Waals surface area (Å²) in [5.74, 6) is 0.144. The van der Waals surface area contributed by atoms with Gasteiger partial charge in [0.1, 0.15) is 9.84 Å². The first-order valence-electron chi connectivity index (χ1n) is 5.06. The molecule has 0 radical (unpaired) electrons. The minimum atomic E-state index is -2.89. The molecule has 0 aromatic heterocycles.